The van der Waals surface area contributed by atoms with Crippen LogP contribution in [-0.4, -0.2) is 56.7 Å². The number of carboxylic acid groups (broad SMARTS) is 1. The van der Waals surface area contributed by atoms with Gasteiger partial charge in [-0.2, -0.15) is 0 Å². The lowest BCUT2D eigenvalue weighted by Crippen LogP contribution is -2.62. The van der Waals surface area contributed by atoms with Gasteiger partial charge < -0.3 is 26.5 Å². The van der Waals surface area contributed by atoms with Crippen LogP contribution in [0.2, 0.25) is 0 Å². The summed E-state index contributed by atoms with van der Waals surface area (Å²) in [6.07, 6.45) is 4.37. The molecule has 9 heteroatoms. The predicted molar refractivity (Wildman–Crippen MR) is 164 cm³/mol. The summed E-state index contributed by atoms with van der Waals surface area (Å²) in [7, 11) is 0. The van der Waals surface area contributed by atoms with E-state index in [-0.39, 0.29) is 32.2 Å². The van der Waals surface area contributed by atoms with E-state index < -0.39 is 35.1 Å². The predicted octanol–water partition coefficient (Wildman–Crippen LogP) is 4.96. The number of nitrogens with one attached hydrogen (secondary N) is 1. The number of unbranched alkanes of at least 4 members (excludes halogenated alkanes) is 3. The number of para-hydroxylation sites is 1. The van der Waals surface area contributed by atoms with Gasteiger partial charge in [0.2, 0.25) is 5.91 Å². The largest absolute Gasteiger partial charge is 0.481 e. The highest BCUT2D eigenvalue weighted by Gasteiger charge is 2.47. The average molecular weight is 577 g/mol. The molecular formula is C33H44N4O5. The van der Waals surface area contributed by atoms with Crippen molar-refractivity contribution in [2.45, 2.75) is 89.6 Å². The molecule has 2 amide bonds. The molecule has 0 aliphatic carbocycles. The first-order valence-corrected chi connectivity index (χ1v) is 14.9. The number of hydrogen-bond acceptors (Lipinski definition) is 5. The van der Waals surface area contributed by atoms with E-state index in [1.54, 1.807) is 6.92 Å². The molecule has 0 unspecified atom stereocenters. The number of carbonyl (C=O) groups is 4. The lowest BCUT2D eigenvalue weighted by Gasteiger charge is -2.37. The maximum Gasteiger partial charge on any atom is 0.303 e. The van der Waals surface area contributed by atoms with Crippen LogP contribution in [0.15, 0.2) is 54.6 Å². The average Bonchev–Trinajstić information content (AvgIpc) is 3.32. The minimum atomic E-state index is -2.04. The monoisotopic (exact) mass is 576 g/mol. The van der Waals surface area contributed by atoms with Crippen LogP contribution < -0.4 is 11.5 Å². The van der Waals surface area contributed by atoms with Crippen LogP contribution in [0.3, 0.4) is 0 Å². The number of aromatic nitrogens is 1. The maximum atomic E-state index is 14.6. The summed E-state index contributed by atoms with van der Waals surface area (Å²) in [5.41, 5.74) is 13.1. The number of fused-ring (bicyclic) bond motifs is 1. The molecule has 0 saturated heterocycles. The summed E-state index contributed by atoms with van der Waals surface area (Å²) >= 11 is 0. The first kappa shape index (κ1) is 32.5. The van der Waals surface area contributed by atoms with Crippen molar-refractivity contribution in [3.8, 4) is 0 Å². The maximum absolute atomic E-state index is 14.6. The summed E-state index contributed by atoms with van der Waals surface area (Å²) < 4.78 is 0. The molecule has 0 saturated carbocycles. The minimum absolute atomic E-state index is 0.0359. The van der Waals surface area contributed by atoms with Crippen molar-refractivity contribution < 1.29 is 24.3 Å². The topological polar surface area (TPSA) is 160 Å². The second-order valence-corrected chi connectivity index (χ2v) is 11.0. The summed E-state index contributed by atoms with van der Waals surface area (Å²) in [4.78, 5) is 57.3. The Morgan fingerprint density at radius 2 is 1.64 bits per heavy atom. The molecule has 0 bridgehead atoms. The van der Waals surface area contributed by atoms with E-state index in [0.29, 0.717) is 29.5 Å². The zero-order valence-corrected chi connectivity index (χ0v) is 24.7. The third-order valence-corrected chi connectivity index (χ3v) is 7.85. The highest BCUT2D eigenvalue weighted by molar-refractivity contribution is 6.22. The second-order valence-electron chi connectivity index (χ2n) is 11.0. The van der Waals surface area contributed by atoms with E-state index in [1.165, 1.54) is 4.90 Å². The van der Waals surface area contributed by atoms with Crippen molar-refractivity contribution in [2.24, 2.45) is 11.5 Å². The van der Waals surface area contributed by atoms with E-state index in [0.717, 1.165) is 36.8 Å². The van der Waals surface area contributed by atoms with Gasteiger partial charge in [0.25, 0.3) is 5.91 Å². The van der Waals surface area contributed by atoms with Gasteiger partial charge >= 0.3 is 5.97 Å². The fourth-order valence-corrected chi connectivity index (χ4v) is 5.68. The number of likely N-dealkylation sites (N-methyl/N-ethyl adjacent to an activating group) is 1. The molecule has 42 heavy (non-hydrogen) atoms. The third-order valence-electron chi connectivity index (χ3n) is 7.85. The number of ketones is 1. The van der Waals surface area contributed by atoms with Crippen molar-refractivity contribution in [3.05, 3.63) is 71.4 Å². The second kappa shape index (κ2) is 15.3. The molecule has 226 valence electrons. The lowest BCUT2D eigenvalue weighted by atomic mass is 9.81. The fraction of sp³-hybridized carbons (Fsp3) is 0.455. The highest BCUT2D eigenvalue weighted by Crippen LogP contribution is 2.31. The van der Waals surface area contributed by atoms with Crippen molar-refractivity contribution in [1.82, 2.24) is 9.88 Å². The number of nitrogens with two attached hydrogens (primary N) is 2. The Balaban J connectivity index is 2.08. The van der Waals surface area contributed by atoms with Crippen molar-refractivity contribution in [1.29, 1.82) is 0 Å². The zero-order chi connectivity index (χ0) is 30.7. The molecule has 0 aliphatic heterocycles. The molecular weight excluding hydrogens is 532 g/mol. The normalized spacial score (nSPS) is 13.4. The number of nitrogens with zero attached hydrogens (tertiary/aromatic N) is 1. The first-order valence-electron chi connectivity index (χ1n) is 14.9. The van der Waals surface area contributed by atoms with Gasteiger partial charge in [0.1, 0.15) is 0 Å². The Bertz CT molecular complexity index is 1370. The van der Waals surface area contributed by atoms with Crippen LogP contribution in [-0.2, 0) is 20.8 Å². The molecule has 3 rings (SSSR count). The minimum Gasteiger partial charge on any atom is -0.481 e. The van der Waals surface area contributed by atoms with Gasteiger partial charge in [0.05, 0.1) is 0 Å². The Labute approximate surface area is 247 Å². The zero-order valence-electron chi connectivity index (χ0n) is 24.7. The number of aromatic amines is 1. The van der Waals surface area contributed by atoms with E-state index in [1.807, 2.05) is 54.6 Å². The summed E-state index contributed by atoms with van der Waals surface area (Å²) in [5, 5.41) is 9.97. The number of benzene rings is 2. The van der Waals surface area contributed by atoms with Gasteiger partial charge in [0.15, 0.2) is 11.3 Å². The van der Waals surface area contributed by atoms with Crippen molar-refractivity contribution in [2.75, 3.05) is 6.54 Å². The van der Waals surface area contributed by atoms with Gasteiger partial charge in [0, 0.05) is 54.0 Å². The standard InChI is InChI=1S/C33H44N4O5/c1-3-5-6-10-16-24(22-28(34)38)37(4-2)32(42)33(35,20-13-19-29(39)40)31(41)30-25-17-11-12-18-26(25)36-27(30)21-23-14-8-7-9-15-23/h7-9,11-12,14-15,17-18,24,36H,3-6,10,13,16,19-22,35H2,1-2H3,(H2,34,38)(H,39,40)/t24-,33-/m0/s1. The number of carboxylic acids is 1. The highest BCUT2D eigenvalue weighted by atomic mass is 16.4. The number of primary amides is 1. The van der Waals surface area contributed by atoms with Gasteiger partial charge in [-0.3, -0.25) is 19.2 Å². The summed E-state index contributed by atoms with van der Waals surface area (Å²) in [6, 6.07) is 16.5. The Morgan fingerprint density at radius 3 is 2.29 bits per heavy atom. The van der Waals surface area contributed by atoms with Gasteiger partial charge in [-0.15, -0.1) is 0 Å². The fourth-order valence-electron chi connectivity index (χ4n) is 5.68. The molecule has 1 aromatic heterocycles. The smallest absolute Gasteiger partial charge is 0.303 e. The Morgan fingerprint density at radius 1 is 0.952 bits per heavy atom. The number of Topliss-reactive ketones (excluding diaryl/α,β-unsaturated/α-hetero) is 1. The molecule has 0 spiro atoms. The lowest BCUT2D eigenvalue weighted by molar-refractivity contribution is -0.140. The number of rotatable bonds is 18. The Hall–Kier alpha value is -3.98. The molecule has 2 aromatic carbocycles. The molecule has 0 aliphatic rings. The van der Waals surface area contributed by atoms with Gasteiger partial charge in [-0.05, 0) is 37.8 Å². The first-order chi connectivity index (χ1) is 20.1. The van der Waals surface area contributed by atoms with E-state index in [4.69, 9.17) is 11.5 Å². The van der Waals surface area contributed by atoms with Crippen LogP contribution in [0.1, 0.15) is 93.3 Å². The van der Waals surface area contributed by atoms with Gasteiger partial charge in [-0.25, -0.2) is 0 Å². The van der Waals surface area contributed by atoms with Gasteiger partial charge in [-0.1, -0.05) is 81.1 Å². The number of aliphatic carboxylic acids is 1. The van der Waals surface area contributed by atoms with E-state index in [2.05, 4.69) is 11.9 Å². The molecule has 6 N–H and O–H groups in total. The number of carbonyl (C=O) groups excluding carboxylic acids is 3. The number of amides is 2. The Kier molecular flexibility index (Phi) is 11.9. The molecule has 3 aromatic rings. The number of hydrogen-bond donors (Lipinski definition) is 4. The molecule has 2 atom stereocenters. The van der Waals surface area contributed by atoms with E-state index >= 15 is 0 Å². The molecule has 0 fully saturated rings. The summed E-state index contributed by atoms with van der Waals surface area (Å²) in [6.45, 7) is 4.11. The third kappa shape index (κ3) is 8.06. The molecule has 1 heterocycles. The SMILES string of the molecule is CCCCCC[C@@H](CC(N)=O)N(CC)C(=O)[C@](N)(CCCC(=O)O)C(=O)c1c(Cc2ccccc2)[nH]c2ccccc12. The summed E-state index contributed by atoms with van der Waals surface area (Å²) in [5.74, 6) is -2.76. The van der Waals surface area contributed by atoms with Crippen molar-refractivity contribution >= 4 is 34.5 Å². The van der Waals surface area contributed by atoms with Crippen LogP contribution in [0, 0.1) is 0 Å². The molecule has 0 radical (unpaired) electrons. The van der Waals surface area contributed by atoms with Crippen LogP contribution in [0.25, 0.3) is 10.9 Å². The van der Waals surface area contributed by atoms with Crippen LogP contribution in [0.4, 0.5) is 0 Å². The van der Waals surface area contributed by atoms with Crippen molar-refractivity contribution in [3.63, 3.8) is 0 Å². The van der Waals surface area contributed by atoms with Crippen LogP contribution in [0.5, 0.6) is 0 Å². The number of H-pyrrole nitrogens is 1. The quantitative estimate of drug-likeness (QED) is 0.0952. The van der Waals surface area contributed by atoms with Crippen LogP contribution >= 0.6 is 0 Å². The molecule has 9 nitrogen and oxygen atoms in total. The van der Waals surface area contributed by atoms with E-state index in [9.17, 15) is 24.3 Å².